The highest BCUT2D eigenvalue weighted by molar-refractivity contribution is 7.98. The standard InChI is InChI=1S/C23H22ClF3N2O3S3/c1-22(9-10-28-13-22)32-19-11-15(5-8-17(19)23(25,26)27)29-35(30,31)20-12-18(24)21(34-20)14-3-6-16(33-2)7-4-14/h3-8,11-12,28-29H,9-10,13H2,1-2H3/t22-/m1/s1. The van der Waals surface area contributed by atoms with Gasteiger partial charge in [-0.15, -0.1) is 23.1 Å². The summed E-state index contributed by atoms with van der Waals surface area (Å²) in [5, 5.41) is 3.33. The Hall–Kier alpha value is -1.92. The summed E-state index contributed by atoms with van der Waals surface area (Å²) in [7, 11) is -4.11. The van der Waals surface area contributed by atoms with E-state index in [1.54, 1.807) is 18.7 Å². The van der Waals surface area contributed by atoms with Gasteiger partial charge in [0.1, 0.15) is 15.6 Å². The topological polar surface area (TPSA) is 67.4 Å². The quantitative estimate of drug-likeness (QED) is 0.312. The van der Waals surface area contributed by atoms with Crippen LogP contribution in [0.3, 0.4) is 0 Å². The first-order chi connectivity index (χ1) is 16.4. The number of thioether (sulfide) groups is 1. The molecule has 3 aromatic rings. The molecule has 1 aliphatic rings. The van der Waals surface area contributed by atoms with Crippen LogP contribution in [0.2, 0.25) is 5.02 Å². The third kappa shape index (κ3) is 5.91. The second-order valence-corrected chi connectivity index (χ2v) is 12.5. The molecule has 0 radical (unpaired) electrons. The van der Waals surface area contributed by atoms with Gasteiger partial charge in [0.15, 0.2) is 0 Å². The Morgan fingerprint density at radius 1 is 1.17 bits per heavy atom. The van der Waals surface area contributed by atoms with Crippen LogP contribution >= 0.6 is 34.7 Å². The van der Waals surface area contributed by atoms with Gasteiger partial charge in [-0.25, -0.2) is 8.42 Å². The minimum atomic E-state index is -4.66. The van der Waals surface area contributed by atoms with Gasteiger partial charge >= 0.3 is 6.18 Å². The minimum Gasteiger partial charge on any atom is -0.485 e. The van der Waals surface area contributed by atoms with Gasteiger partial charge in [0.25, 0.3) is 10.0 Å². The smallest absolute Gasteiger partial charge is 0.419 e. The van der Waals surface area contributed by atoms with Crippen molar-refractivity contribution in [3.8, 4) is 16.2 Å². The number of nitrogens with one attached hydrogen (secondary N) is 2. The van der Waals surface area contributed by atoms with E-state index in [1.807, 2.05) is 30.5 Å². The van der Waals surface area contributed by atoms with Crippen LogP contribution < -0.4 is 14.8 Å². The maximum Gasteiger partial charge on any atom is 0.419 e. The molecule has 2 heterocycles. The summed E-state index contributed by atoms with van der Waals surface area (Å²) in [4.78, 5) is 1.64. The van der Waals surface area contributed by atoms with Gasteiger partial charge in [-0.3, -0.25) is 4.72 Å². The second kappa shape index (κ2) is 9.85. The van der Waals surface area contributed by atoms with Gasteiger partial charge in [-0.2, -0.15) is 13.2 Å². The molecule has 0 amide bonds. The average Bonchev–Trinajstić information content (AvgIpc) is 3.39. The lowest BCUT2D eigenvalue weighted by atomic mass is 10.1. The number of hydrogen-bond acceptors (Lipinski definition) is 6. The molecule has 0 unspecified atom stereocenters. The highest BCUT2D eigenvalue weighted by atomic mass is 35.5. The van der Waals surface area contributed by atoms with E-state index in [4.69, 9.17) is 16.3 Å². The summed E-state index contributed by atoms with van der Waals surface area (Å²) in [6.07, 6.45) is -2.18. The van der Waals surface area contributed by atoms with Crippen molar-refractivity contribution in [2.24, 2.45) is 0 Å². The number of thiophene rings is 1. The van der Waals surface area contributed by atoms with E-state index in [2.05, 4.69) is 10.0 Å². The maximum absolute atomic E-state index is 13.6. The van der Waals surface area contributed by atoms with E-state index >= 15 is 0 Å². The number of rotatable bonds is 7. The largest absolute Gasteiger partial charge is 0.485 e. The summed E-state index contributed by atoms with van der Waals surface area (Å²) in [6, 6.07) is 11.8. The second-order valence-electron chi connectivity index (χ2n) is 8.26. The predicted octanol–water partition coefficient (Wildman–Crippen LogP) is 6.74. The Morgan fingerprint density at radius 3 is 2.49 bits per heavy atom. The summed E-state index contributed by atoms with van der Waals surface area (Å²) < 4.78 is 74.9. The predicted molar refractivity (Wildman–Crippen MR) is 135 cm³/mol. The Labute approximate surface area is 215 Å². The third-order valence-corrected chi connectivity index (χ3v) is 9.70. The molecule has 0 spiro atoms. The van der Waals surface area contributed by atoms with Crippen molar-refractivity contribution >= 4 is 50.4 Å². The van der Waals surface area contributed by atoms with Gasteiger partial charge < -0.3 is 10.1 Å². The van der Waals surface area contributed by atoms with Crippen molar-refractivity contribution in [3.05, 3.63) is 59.1 Å². The molecule has 1 atom stereocenters. The van der Waals surface area contributed by atoms with Gasteiger partial charge in [0.05, 0.1) is 21.2 Å². The molecule has 4 rings (SSSR count). The first-order valence-corrected chi connectivity index (χ1v) is 14.4. The van der Waals surface area contributed by atoms with Crippen molar-refractivity contribution in [2.45, 2.75) is 34.2 Å². The van der Waals surface area contributed by atoms with Crippen LogP contribution in [-0.2, 0) is 16.2 Å². The third-order valence-electron chi connectivity index (χ3n) is 5.51. The van der Waals surface area contributed by atoms with E-state index in [1.165, 1.54) is 6.07 Å². The van der Waals surface area contributed by atoms with Crippen LogP contribution in [0, 0.1) is 0 Å². The number of alkyl halides is 3. The van der Waals surface area contributed by atoms with Crippen molar-refractivity contribution in [3.63, 3.8) is 0 Å². The monoisotopic (exact) mass is 562 g/mol. The van der Waals surface area contributed by atoms with E-state index in [-0.39, 0.29) is 14.9 Å². The van der Waals surface area contributed by atoms with Crippen LogP contribution in [0.1, 0.15) is 18.9 Å². The highest BCUT2D eigenvalue weighted by Gasteiger charge is 2.38. The first kappa shape index (κ1) is 26.2. The van der Waals surface area contributed by atoms with E-state index in [9.17, 15) is 21.6 Å². The highest BCUT2D eigenvalue weighted by Crippen LogP contribution is 2.42. The fourth-order valence-corrected chi connectivity index (χ4v) is 6.96. The van der Waals surface area contributed by atoms with Gasteiger partial charge in [-0.05, 0) is 55.6 Å². The van der Waals surface area contributed by atoms with Crippen LogP contribution in [0.5, 0.6) is 5.75 Å². The Bertz CT molecular complexity index is 1320. The molecule has 1 aliphatic heterocycles. The lowest BCUT2D eigenvalue weighted by molar-refractivity contribution is -0.139. The number of sulfonamides is 1. The molecule has 188 valence electrons. The van der Waals surface area contributed by atoms with E-state index < -0.39 is 33.1 Å². The number of anilines is 1. The number of halogens is 4. The Kier molecular flexibility index (Phi) is 7.36. The molecule has 0 aliphatic carbocycles. The summed E-state index contributed by atoms with van der Waals surface area (Å²) in [5.41, 5.74) is -1.08. The number of hydrogen-bond donors (Lipinski definition) is 2. The zero-order valence-corrected chi connectivity index (χ0v) is 21.9. The lowest BCUT2D eigenvalue weighted by Gasteiger charge is -2.27. The minimum absolute atomic E-state index is 0.0436. The normalized spacial score (nSPS) is 18.6. The van der Waals surface area contributed by atoms with Gasteiger partial charge in [0, 0.05) is 23.9 Å². The van der Waals surface area contributed by atoms with Crippen molar-refractivity contribution < 1.29 is 26.3 Å². The molecule has 12 heteroatoms. The molecule has 2 N–H and O–H groups in total. The van der Waals surface area contributed by atoms with Crippen molar-refractivity contribution in [2.75, 3.05) is 24.1 Å². The summed E-state index contributed by atoms with van der Waals surface area (Å²) in [5.74, 6) is -0.428. The lowest BCUT2D eigenvalue weighted by Crippen LogP contribution is -2.35. The van der Waals surface area contributed by atoms with E-state index in [0.29, 0.717) is 24.4 Å². The molecule has 1 aromatic heterocycles. The molecule has 0 bridgehead atoms. The fourth-order valence-electron chi connectivity index (χ4n) is 3.68. The molecule has 5 nitrogen and oxygen atoms in total. The molecular formula is C23H22ClF3N2O3S3. The zero-order valence-electron chi connectivity index (χ0n) is 18.7. The maximum atomic E-state index is 13.6. The van der Waals surface area contributed by atoms with Crippen molar-refractivity contribution in [1.29, 1.82) is 0 Å². The fraction of sp³-hybridized carbons (Fsp3) is 0.304. The zero-order chi connectivity index (χ0) is 25.4. The molecule has 35 heavy (non-hydrogen) atoms. The van der Waals surface area contributed by atoms with Gasteiger partial charge in [-0.1, -0.05) is 23.7 Å². The van der Waals surface area contributed by atoms with Crippen LogP contribution in [0.4, 0.5) is 18.9 Å². The Balaban J connectivity index is 1.63. The van der Waals surface area contributed by atoms with Crippen LogP contribution in [-0.4, -0.2) is 33.4 Å². The summed E-state index contributed by atoms with van der Waals surface area (Å²) >= 11 is 8.89. The van der Waals surface area contributed by atoms with E-state index in [0.717, 1.165) is 40.0 Å². The van der Waals surface area contributed by atoms with Crippen LogP contribution in [0.25, 0.3) is 10.4 Å². The molecule has 2 aromatic carbocycles. The van der Waals surface area contributed by atoms with Crippen LogP contribution in [0.15, 0.2) is 57.6 Å². The van der Waals surface area contributed by atoms with Crippen molar-refractivity contribution in [1.82, 2.24) is 5.32 Å². The van der Waals surface area contributed by atoms with Gasteiger partial charge in [0.2, 0.25) is 0 Å². The first-order valence-electron chi connectivity index (χ1n) is 10.5. The Morgan fingerprint density at radius 2 is 1.89 bits per heavy atom. The average molecular weight is 563 g/mol. The number of ether oxygens (including phenoxy) is 1. The molecule has 1 fully saturated rings. The SMILES string of the molecule is CSc1ccc(-c2sc(S(=O)(=O)Nc3ccc(C(F)(F)F)c(O[C@]4(C)CCNC4)c3)cc2Cl)cc1. The summed E-state index contributed by atoms with van der Waals surface area (Å²) in [6.45, 7) is 2.71. The molecule has 0 saturated carbocycles. The molecular weight excluding hydrogens is 541 g/mol. The molecule has 1 saturated heterocycles. The number of benzene rings is 2.